The maximum absolute atomic E-state index is 12.2. The Morgan fingerprint density at radius 3 is 2.00 bits per heavy atom. The van der Waals surface area contributed by atoms with E-state index in [1.165, 1.54) is 4.90 Å². The maximum atomic E-state index is 12.2. The van der Waals surface area contributed by atoms with Crippen LogP contribution in [-0.4, -0.2) is 56.0 Å². The summed E-state index contributed by atoms with van der Waals surface area (Å²) in [5, 5.41) is 0. The van der Waals surface area contributed by atoms with Crippen LogP contribution in [0.3, 0.4) is 0 Å². The lowest BCUT2D eigenvalue weighted by molar-refractivity contribution is 0.0643. The van der Waals surface area contributed by atoms with Crippen molar-refractivity contribution in [2.75, 3.05) is 26.3 Å². The van der Waals surface area contributed by atoms with Gasteiger partial charge in [-0.3, -0.25) is 14.5 Å². The molecule has 4 nitrogen and oxygen atoms in total. The number of carbonyl (C=O) groups excluding carboxylic acids is 2. The van der Waals surface area contributed by atoms with E-state index in [2.05, 4.69) is 31.6 Å². The van der Waals surface area contributed by atoms with Gasteiger partial charge in [0.25, 0.3) is 11.8 Å². The number of hydrogen-bond acceptors (Lipinski definition) is 3. The van der Waals surface area contributed by atoms with Crippen molar-refractivity contribution in [2.45, 2.75) is 19.6 Å². The third-order valence-corrected chi connectivity index (χ3v) is 4.82. The second-order valence-electron chi connectivity index (χ2n) is 6.61. The van der Waals surface area contributed by atoms with E-state index in [9.17, 15) is 9.59 Å². The molecule has 0 saturated carbocycles. The summed E-state index contributed by atoms with van der Waals surface area (Å²) in [6.45, 7) is 8.13. The lowest BCUT2D eigenvalue weighted by Gasteiger charge is -2.26. The lowest BCUT2D eigenvalue weighted by Crippen LogP contribution is -2.43. The Balaban J connectivity index is 1.99. The van der Waals surface area contributed by atoms with Gasteiger partial charge in [0.15, 0.2) is 0 Å². The highest BCUT2D eigenvalue weighted by Crippen LogP contribution is 2.22. The van der Waals surface area contributed by atoms with Crippen LogP contribution in [-0.2, 0) is 0 Å². The summed E-state index contributed by atoms with van der Waals surface area (Å²) < 4.78 is 0. The third-order valence-electron chi connectivity index (χ3n) is 3.33. The van der Waals surface area contributed by atoms with Crippen LogP contribution >= 0.6 is 0 Å². The van der Waals surface area contributed by atoms with E-state index in [-0.39, 0.29) is 11.8 Å². The van der Waals surface area contributed by atoms with Gasteiger partial charge in [0.1, 0.15) is 0 Å². The number of benzene rings is 1. The largest absolute Gasteiger partial charge is 0.307 e. The molecule has 2 amide bonds. The predicted molar refractivity (Wildman–Crippen MR) is 82.7 cm³/mol. The average molecular weight is 290 g/mol. The van der Waals surface area contributed by atoms with Gasteiger partial charge in [-0.25, -0.2) is 0 Å². The van der Waals surface area contributed by atoms with Gasteiger partial charge in [-0.1, -0.05) is 31.8 Å². The van der Waals surface area contributed by atoms with Gasteiger partial charge in [-0.15, -0.1) is 0 Å². The van der Waals surface area contributed by atoms with Crippen molar-refractivity contribution in [1.82, 2.24) is 9.80 Å². The summed E-state index contributed by atoms with van der Waals surface area (Å²) in [6, 6.07) is 7.04. The zero-order valence-electron chi connectivity index (χ0n) is 12.6. The van der Waals surface area contributed by atoms with Crippen LogP contribution in [0.2, 0.25) is 19.6 Å². The summed E-state index contributed by atoms with van der Waals surface area (Å²) in [7, 11) is 0.895. The molecule has 0 aliphatic carbocycles. The fraction of sp³-hybridized carbons (Fsp3) is 0.467. The molecule has 0 radical (unpaired) electrons. The van der Waals surface area contributed by atoms with Gasteiger partial charge in [0, 0.05) is 13.1 Å². The highest BCUT2D eigenvalue weighted by atomic mass is 28.3. The molecule has 2 rings (SSSR count). The van der Waals surface area contributed by atoms with Crippen molar-refractivity contribution < 1.29 is 9.59 Å². The molecular weight excluding hydrogens is 268 g/mol. The molecule has 0 fully saturated rings. The number of hydrogen-bond donors (Lipinski definition) is 0. The molecule has 1 aromatic rings. The van der Waals surface area contributed by atoms with Gasteiger partial charge in [0.05, 0.1) is 19.2 Å². The van der Waals surface area contributed by atoms with E-state index >= 15 is 0 Å². The Bertz CT molecular complexity index is 502. The van der Waals surface area contributed by atoms with Gasteiger partial charge in [0.2, 0.25) is 0 Å². The first-order valence-electron chi connectivity index (χ1n) is 6.93. The molecular formula is C15H22N2O2Si. The van der Waals surface area contributed by atoms with Crippen LogP contribution in [0.1, 0.15) is 20.7 Å². The van der Waals surface area contributed by atoms with Crippen molar-refractivity contribution in [3.8, 4) is 0 Å². The Kier molecular flexibility index (Phi) is 4.11. The monoisotopic (exact) mass is 290 g/mol. The molecule has 0 atom stereocenters. The summed E-state index contributed by atoms with van der Waals surface area (Å²) in [5.41, 5.74) is 1.07. The molecule has 1 aromatic carbocycles. The van der Waals surface area contributed by atoms with Crippen molar-refractivity contribution in [2.24, 2.45) is 0 Å². The van der Waals surface area contributed by atoms with Crippen molar-refractivity contribution in [3.63, 3.8) is 0 Å². The number of nitrogens with zero attached hydrogens (tertiary/aromatic N) is 2. The minimum Gasteiger partial charge on any atom is -0.307 e. The molecule has 1 aliphatic heterocycles. The summed E-state index contributed by atoms with van der Waals surface area (Å²) in [4.78, 5) is 28.0. The van der Waals surface area contributed by atoms with E-state index in [1.807, 2.05) is 0 Å². The number of rotatable bonds is 5. The van der Waals surface area contributed by atoms with Gasteiger partial charge < -0.3 is 4.90 Å². The van der Waals surface area contributed by atoms with Crippen LogP contribution in [0, 0.1) is 0 Å². The molecule has 0 bridgehead atoms. The zero-order chi connectivity index (χ0) is 14.9. The van der Waals surface area contributed by atoms with Crippen molar-refractivity contribution in [1.29, 1.82) is 0 Å². The fourth-order valence-electron chi connectivity index (χ4n) is 2.60. The first-order valence-corrected chi connectivity index (χ1v) is 10.6. The maximum Gasteiger partial charge on any atom is 0.261 e. The quantitative estimate of drug-likeness (QED) is 0.616. The standard InChI is InChI=1S/C15H22N2O2Si/c1-16(11-20(2,3)4)9-10-17-14(18)12-7-5-6-8-13(12)15(17)19/h5-8H,9-11H2,1-4H3. The van der Waals surface area contributed by atoms with Gasteiger partial charge in [-0.05, 0) is 25.3 Å². The van der Waals surface area contributed by atoms with Gasteiger partial charge in [-0.2, -0.15) is 0 Å². The second-order valence-corrected chi connectivity index (χ2v) is 12.0. The van der Waals surface area contributed by atoms with Crippen LogP contribution in [0.5, 0.6) is 0 Å². The fourth-order valence-corrected chi connectivity index (χ4v) is 4.38. The summed E-state index contributed by atoms with van der Waals surface area (Å²) >= 11 is 0. The number of likely N-dealkylation sites (N-methyl/N-ethyl adjacent to an activating group) is 1. The number of fused-ring (bicyclic) bond motifs is 1. The van der Waals surface area contributed by atoms with E-state index in [0.29, 0.717) is 17.7 Å². The molecule has 1 aliphatic rings. The van der Waals surface area contributed by atoms with E-state index in [1.54, 1.807) is 24.3 Å². The minimum atomic E-state index is -1.16. The molecule has 5 heteroatoms. The van der Waals surface area contributed by atoms with E-state index in [4.69, 9.17) is 0 Å². The Hall–Kier alpha value is -1.46. The summed E-state index contributed by atoms with van der Waals surface area (Å²) in [6.07, 6.45) is 1.07. The average Bonchev–Trinajstić information content (AvgIpc) is 2.59. The smallest absolute Gasteiger partial charge is 0.261 e. The number of amides is 2. The number of carbonyl (C=O) groups is 2. The molecule has 1 heterocycles. The molecule has 0 spiro atoms. The van der Waals surface area contributed by atoms with Crippen LogP contribution in [0.15, 0.2) is 24.3 Å². The van der Waals surface area contributed by atoms with Crippen LogP contribution in [0.4, 0.5) is 0 Å². The van der Waals surface area contributed by atoms with Crippen molar-refractivity contribution >= 4 is 19.9 Å². The Labute approximate surface area is 121 Å². The molecule has 0 saturated heterocycles. The van der Waals surface area contributed by atoms with E-state index < -0.39 is 8.07 Å². The van der Waals surface area contributed by atoms with Crippen molar-refractivity contribution in [3.05, 3.63) is 35.4 Å². The third kappa shape index (κ3) is 3.16. The first kappa shape index (κ1) is 14.9. The first-order chi connectivity index (χ1) is 9.29. The topological polar surface area (TPSA) is 40.6 Å². The second kappa shape index (κ2) is 5.50. The Morgan fingerprint density at radius 1 is 1.05 bits per heavy atom. The van der Waals surface area contributed by atoms with E-state index in [0.717, 1.165) is 12.7 Å². The zero-order valence-corrected chi connectivity index (χ0v) is 13.6. The predicted octanol–water partition coefficient (Wildman–Crippen LogP) is 2.09. The minimum absolute atomic E-state index is 0.160. The molecule has 0 unspecified atom stereocenters. The Morgan fingerprint density at radius 2 is 1.55 bits per heavy atom. The summed E-state index contributed by atoms with van der Waals surface area (Å²) in [5.74, 6) is -0.320. The highest BCUT2D eigenvalue weighted by Gasteiger charge is 2.34. The normalized spacial score (nSPS) is 15.2. The van der Waals surface area contributed by atoms with Crippen LogP contribution < -0.4 is 0 Å². The molecule has 108 valence electrons. The molecule has 0 aromatic heterocycles. The number of imide groups is 1. The highest BCUT2D eigenvalue weighted by molar-refractivity contribution is 6.76. The lowest BCUT2D eigenvalue weighted by atomic mass is 10.1. The van der Waals surface area contributed by atoms with Gasteiger partial charge >= 0.3 is 0 Å². The molecule has 20 heavy (non-hydrogen) atoms. The SMILES string of the molecule is CN(CCN1C(=O)c2ccccc2C1=O)C[Si](C)(C)C. The van der Waals surface area contributed by atoms with Crippen LogP contribution in [0.25, 0.3) is 0 Å². The molecule has 0 N–H and O–H groups in total.